The molecule has 1 atom stereocenters. The van der Waals surface area contributed by atoms with Gasteiger partial charge in [0.15, 0.2) is 0 Å². The van der Waals surface area contributed by atoms with Crippen LogP contribution in [0.3, 0.4) is 0 Å². The van der Waals surface area contributed by atoms with Crippen molar-refractivity contribution in [3.05, 3.63) is 42.6 Å². The van der Waals surface area contributed by atoms with Gasteiger partial charge in [0.2, 0.25) is 0 Å². The van der Waals surface area contributed by atoms with Crippen molar-refractivity contribution in [2.75, 3.05) is 18.4 Å². The van der Waals surface area contributed by atoms with Gasteiger partial charge in [-0.3, -0.25) is 4.98 Å². The molecule has 0 spiro atoms. The zero-order valence-electron chi connectivity index (χ0n) is 13.9. The van der Waals surface area contributed by atoms with Crippen molar-refractivity contribution < 1.29 is 0 Å². The minimum Gasteiger partial charge on any atom is -0.341 e. The van der Waals surface area contributed by atoms with E-state index in [0.717, 1.165) is 59.4 Å². The number of aromatic nitrogens is 4. The Morgan fingerprint density at radius 3 is 3.08 bits per heavy atom. The molecule has 25 heavy (non-hydrogen) atoms. The van der Waals surface area contributed by atoms with Gasteiger partial charge in [-0.25, -0.2) is 9.97 Å². The highest BCUT2D eigenvalue weighted by Crippen LogP contribution is 2.41. The van der Waals surface area contributed by atoms with Crippen molar-refractivity contribution in [1.29, 1.82) is 0 Å². The van der Waals surface area contributed by atoms with Gasteiger partial charge < -0.3 is 15.6 Å². The highest BCUT2D eigenvalue weighted by molar-refractivity contribution is 5.94. The Labute approximate surface area is 146 Å². The quantitative estimate of drug-likeness (QED) is 0.526. The lowest BCUT2D eigenvalue weighted by atomic mass is 9.96. The Balaban J connectivity index is 1.62. The second-order valence-corrected chi connectivity index (χ2v) is 6.77. The second-order valence-electron chi connectivity index (χ2n) is 6.77. The number of piperidine rings is 1. The molecular weight excluding hydrogens is 312 g/mol. The number of hydrogen-bond acceptors (Lipinski definition) is 5. The van der Waals surface area contributed by atoms with Gasteiger partial charge in [-0.1, -0.05) is 0 Å². The molecule has 126 valence electrons. The first kappa shape index (κ1) is 14.6. The summed E-state index contributed by atoms with van der Waals surface area (Å²) >= 11 is 0. The van der Waals surface area contributed by atoms with Gasteiger partial charge in [0, 0.05) is 29.9 Å². The van der Waals surface area contributed by atoms with E-state index < -0.39 is 0 Å². The largest absolute Gasteiger partial charge is 0.341 e. The molecule has 3 aromatic rings. The molecule has 1 saturated heterocycles. The van der Waals surface area contributed by atoms with Crippen molar-refractivity contribution in [2.45, 2.75) is 19.3 Å². The van der Waals surface area contributed by atoms with Gasteiger partial charge in [-0.2, -0.15) is 0 Å². The van der Waals surface area contributed by atoms with Crippen LogP contribution < -0.4 is 10.6 Å². The van der Waals surface area contributed by atoms with Crippen LogP contribution in [0.5, 0.6) is 0 Å². The summed E-state index contributed by atoms with van der Waals surface area (Å²) in [5, 5.41) is 6.88. The van der Waals surface area contributed by atoms with Crippen LogP contribution in [0.2, 0.25) is 0 Å². The molecule has 3 N–H and O–H groups in total. The summed E-state index contributed by atoms with van der Waals surface area (Å²) in [6.07, 6.45) is 8.94. The Kier molecular flexibility index (Phi) is 3.48. The topological polar surface area (TPSA) is 78.5 Å². The molecule has 6 heteroatoms. The van der Waals surface area contributed by atoms with Crippen molar-refractivity contribution in [2.24, 2.45) is 5.92 Å². The fraction of sp³-hybridized carbons (Fsp3) is 0.316. The van der Waals surface area contributed by atoms with Crippen molar-refractivity contribution in [3.63, 3.8) is 0 Å². The average Bonchev–Trinajstić information content (AvgIpc) is 3.01. The predicted octanol–water partition coefficient (Wildman–Crippen LogP) is 3.13. The van der Waals surface area contributed by atoms with E-state index in [2.05, 4.69) is 31.7 Å². The van der Waals surface area contributed by atoms with Crippen LogP contribution in [-0.2, 0) is 6.42 Å². The van der Waals surface area contributed by atoms with Crippen molar-refractivity contribution >= 4 is 11.5 Å². The van der Waals surface area contributed by atoms with Crippen LogP contribution in [0.15, 0.2) is 36.8 Å². The monoisotopic (exact) mass is 332 g/mol. The van der Waals surface area contributed by atoms with Crippen LogP contribution in [-0.4, -0.2) is 33.0 Å². The van der Waals surface area contributed by atoms with Gasteiger partial charge in [-0.05, 0) is 50.0 Å². The third kappa shape index (κ3) is 2.59. The van der Waals surface area contributed by atoms with Gasteiger partial charge >= 0.3 is 0 Å². The van der Waals surface area contributed by atoms with Crippen LogP contribution in [0.1, 0.15) is 18.7 Å². The number of anilines is 2. The normalized spacial score (nSPS) is 18.5. The number of fused-ring (bicyclic) bond motifs is 5. The zero-order chi connectivity index (χ0) is 16.6. The molecule has 0 aromatic carbocycles. The lowest BCUT2D eigenvalue weighted by Gasteiger charge is -2.21. The Bertz CT molecular complexity index is 847. The van der Waals surface area contributed by atoms with Gasteiger partial charge in [0.1, 0.15) is 17.3 Å². The average molecular weight is 332 g/mol. The number of H-pyrrole nitrogens is 1. The number of aromatic amines is 1. The summed E-state index contributed by atoms with van der Waals surface area (Å²) in [6.45, 7) is 2.21. The minimum absolute atomic E-state index is 0.645. The lowest BCUT2D eigenvalue weighted by Crippen LogP contribution is -2.31. The summed E-state index contributed by atoms with van der Waals surface area (Å²) in [7, 11) is 0. The molecule has 0 amide bonds. The molecular formula is C19H20N6. The summed E-state index contributed by atoms with van der Waals surface area (Å²) < 4.78 is 0. The lowest BCUT2D eigenvalue weighted by molar-refractivity contribution is 0.371. The SMILES string of the molecule is c1cnc2c(c1)-c1nc(CC3CCCNC3)[nH]c1-c1ccncc1N2. The molecule has 0 bridgehead atoms. The van der Waals surface area contributed by atoms with E-state index in [1.54, 1.807) is 6.20 Å². The molecule has 3 aromatic heterocycles. The molecule has 6 nitrogen and oxygen atoms in total. The standard InChI is InChI=1S/C19H20N6/c1-3-12(10-20-6-1)9-16-24-17-13-5-8-21-11-15(13)23-19-14(18(17)25-16)4-2-7-22-19/h2,4-5,7-8,11-12,20H,1,3,6,9-10H2,(H,22,23)(H,24,25). The number of pyridine rings is 2. The van der Waals surface area contributed by atoms with Gasteiger partial charge in [0.05, 0.1) is 17.6 Å². The molecule has 1 fully saturated rings. The Morgan fingerprint density at radius 2 is 2.16 bits per heavy atom. The first-order chi connectivity index (χ1) is 12.4. The highest BCUT2D eigenvalue weighted by Gasteiger charge is 2.24. The Morgan fingerprint density at radius 1 is 1.16 bits per heavy atom. The summed E-state index contributed by atoms with van der Waals surface area (Å²) in [5.41, 5.74) is 5.09. The Hall–Kier alpha value is -2.73. The summed E-state index contributed by atoms with van der Waals surface area (Å²) in [6, 6.07) is 6.05. The van der Waals surface area contributed by atoms with Crippen LogP contribution in [0.25, 0.3) is 22.5 Å². The van der Waals surface area contributed by atoms with Crippen molar-refractivity contribution in [1.82, 2.24) is 25.3 Å². The summed E-state index contributed by atoms with van der Waals surface area (Å²) in [5.74, 6) is 2.53. The number of nitrogens with zero attached hydrogens (tertiary/aromatic N) is 3. The number of imidazole rings is 1. The van der Waals surface area contributed by atoms with Crippen LogP contribution in [0, 0.1) is 5.92 Å². The minimum atomic E-state index is 0.645. The van der Waals surface area contributed by atoms with Crippen molar-refractivity contribution in [3.8, 4) is 22.5 Å². The molecule has 1 unspecified atom stereocenters. The maximum atomic E-state index is 4.96. The fourth-order valence-electron chi connectivity index (χ4n) is 3.82. The maximum absolute atomic E-state index is 4.96. The van der Waals surface area contributed by atoms with Crippen LogP contribution >= 0.6 is 0 Å². The molecule has 0 aliphatic carbocycles. The van der Waals surface area contributed by atoms with E-state index in [1.165, 1.54) is 12.8 Å². The zero-order valence-corrected chi connectivity index (χ0v) is 13.9. The van der Waals surface area contributed by atoms with E-state index in [0.29, 0.717) is 5.92 Å². The number of nitrogens with one attached hydrogen (secondary N) is 3. The molecule has 0 saturated carbocycles. The molecule has 5 rings (SSSR count). The van der Waals surface area contributed by atoms with E-state index in [-0.39, 0.29) is 0 Å². The molecule has 0 radical (unpaired) electrons. The van der Waals surface area contributed by atoms with Crippen LogP contribution in [0.4, 0.5) is 11.5 Å². The first-order valence-electron chi connectivity index (χ1n) is 8.85. The maximum Gasteiger partial charge on any atom is 0.139 e. The predicted molar refractivity (Wildman–Crippen MR) is 97.6 cm³/mol. The van der Waals surface area contributed by atoms with E-state index >= 15 is 0 Å². The summed E-state index contributed by atoms with van der Waals surface area (Å²) in [4.78, 5) is 17.3. The van der Waals surface area contributed by atoms with E-state index in [4.69, 9.17) is 4.98 Å². The molecule has 5 heterocycles. The van der Waals surface area contributed by atoms with E-state index in [1.807, 2.05) is 24.5 Å². The van der Waals surface area contributed by atoms with E-state index in [9.17, 15) is 0 Å². The fourth-order valence-corrected chi connectivity index (χ4v) is 3.82. The third-order valence-electron chi connectivity index (χ3n) is 5.04. The van der Waals surface area contributed by atoms with Gasteiger partial charge in [0.25, 0.3) is 0 Å². The number of hydrogen-bond donors (Lipinski definition) is 3. The first-order valence-corrected chi connectivity index (χ1v) is 8.85. The molecule has 2 aliphatic heterocycles. The second kappa shape index (κ2) is 5.97. The smallest absolute Gasteiger partial charge is 0.139 e. The highest BCUT2D eigenvalue weighted by atomic mass is 15.0. The number of rotatable bonds is 2. The third-order valence-corrected chi connectivity index (χ3v) is 5.04. The van der Waals surface area contributed by atoms with Gasteiger partial charge in [-0.15, -0.1) is 0 Å². The molecule has 2 aliphatic rings.